The second kappa shape index (κ2) is 9.66. The Morgan fingerprint density at radius 1 is 1.11 bits per heavy atom. The van der Waals surface area contributed by atoms with Crippen molar-refractivity contribution in [3.63, 3.8) is 0 Å². The van der Waals surface area contributed by atoms with Crippen LogP contribution in [0.15, 0.2) is 70.1 Å². The molecule has 0 saturated heterocycles. The molecule has 1 heterocycles. The van der Waals surface area contributed by atoms with Crippen LogP contribution in [-0.2, 0) is 11.9 Å². The van der Waals surface area contributed by atoms with Gasteiger partial charge in [-0.1, -0.05) is 50.1 Å². The van der Waals surface area contributed by atoms with Crippen molar-refractivity contribution in [2.45, 2.75) is 11.9 Å². The highest BCUT2D eigenvalue weighted by Crippen LogP contribution is 2.17. The van der Waals surface area contributed by atoms with E-state index in [1.165, 1.54) is 4.57 Å². The number of ether oxygens (including phenoxy) is 1. The number of amides is 1. The Bertz CT molecular complexity index is 1010. The fraction of sp³-hybridized carbons (Fsp3) is 0.150. The number of hydrogen-bond acceptors (Lipinski definition) is 4. The second-order valence-corrected chi connectivity index (χ2v) is 7.32. The first-order chi connectivity index (χ1) is 13.6. The third-order valence-electron chi connectivity index (χ3n) is 3.90. The van der Waals surface area contributed by atoms with Crippen LogP contribution in [0.5, 0.6) is 5.75 Å². The zero-order valence-electron chi connectivity index (χ0n) is 14.8. The van der Waals surface area contributed by atoms with Crippen molar-refractivity contribution in [3.8, 4) is 5.75 Å². The molecule has 0 unspecified atom stereocenters. The highest BCUT2D eigenvalue weighted by Gasteiger charge is 2.12. The molecule has 0 aliphatic carbocycles. The van der Waals surface area contributed by atoms with Crippen molar-refractivity contribution in [3.05, 3.63) is 86.9 Å². The lowest BCUT2D eigenvalue weighted by Gasteiger charge is -2.12. The van der Waals surface area contributed by atoms with Crippen LogP contribution in [0.4, 0.5) is 5.82 Å². The smallest absolute Gasteiger partial charge is 0.349 e. The molecular formula is C20H17Br2N3O3. The van der Waals surface area contributed by atoms with E-state index in [9.17, 15) is 9.59 Å². The van der Waals surface area contributed by atoms with E-state index < -0.39 is 5.69 Å². The molecule has 0 spiro atoms. The lowest BCUT2D eigenvalue weighted by Crippen LogP contribution is -2.28. The normalized spacial score (nSPS) is 10.5. The van der Waals surface area contributed by atoms with Crippen LogP contribution in [-0.4, -0.2) is 22.1 Å². The van der Waals surface area contributed by atoms with Crippen LogP contribution in [0.3, 0.4) is 0 Å². The Kier molecular flexibility index (Phi) is 7.00. The number of hydrogen-bond donors (Lipinski definition) is 1. The number of aromatic nitrogens is 2. The predicted molar refractivity (Wildman–Crippen MR) is 115 cm³/mol. The number of nitrogens with zero attached hydrogens (tertiary/aromatic N) is 2. The molecule has 0 aliphatic heterocycles. The van der Waals surface area contributed by atoms with Gasteiger partial charge >= 0.3 is 5.69 Å². The first-order valence-electron chi connectivity index (χ1n) is 8.48. The van der Waals surface area contributed by atoms with Gasteiger partial charge in [-0.15, -0.1) is 0 Å². The van der Waals surface area contributed by atoms with Gasteiger partial charge in [0.15, 0.2) is 0 Å². The quantitative estimate of drug-likeness (QED) is 0.486. The minimum Gasteiger partial charge on any atom is -0.492 e. The van der Waals surface area contributed by atoms with Gasteiger partial charge in [0.2, 0.25) is 0 Å². The maximum atomic E-state index is 12.3. The molecule has 1 amide bonds. The van der Waals surface area contributed by atoms with Gasteiger partial charge < -0.3 is 10.1 Å². The summed E-state index contributed by atoms with van der Waals surface area (Å²) in [6.45, 7) is 0.662. The largest absolute Gasteiger partial charge is 0.492 e. The topological polar surface area (TPSA) is 73.2 Å². The van der Waals surface area contributed by atoms with Gasteiger partial charge in [0, 0.05) is 27.1 Å². The summed E-state index contributed by atoms with van der Waals surface area (Å²) in [7, 11) is 0. The summed E-state index contributed by atoms with van der Waals surface area (Å²) in [6, 6.07) is 16.2. The van der Waals surface area contributed by atoms with E-state index in [4.69, 9.17) is 4.74 Å². The summed E-state index contributed by atoms with van der Waals surface area (Å²) in [5.74, 6) is 0.656. The van der Waals surface area contributed by atoms with E-state index in [0.717, 1.165) is 10.2 Å². The Hall–Kier alpha value is -2.45. The standard InChI is InChI=1S/C20H17Br2N3O3/c21-12-15-13-25(10-11-28-17-8-6-16(22)7-9-17)20(27)24-18(15)23-19(26)14-4-2-1-3-5-14/h1-9,13H,10-12H2,(H,23,24,26,27). The molecule has 2 aromatic carbocycles. The first kappa shape index (κ1) is 20.3. The predicted octanol–water partition coefficient (Wildman–Crippen LogP) is 4.23. The molecule has 144 valence electrons. The zero-order chi connectivity index (χ0) is 19.9. The van der Waals surface area contributed by atoms with Gasteiger partial charge in [-0.2, -0.15) is 4.98 Å². The number of alkyl halides is 1. The minimum atomic E-state index is -0.451. The van der Waals surface area contributed by atoms with E-state index in [-0.39, 0.29) is 11.7 Å². The van der Waals surface area contributed by atoms with Gasteiger partial charge in [-0.25, -0.2) is 4.79 Å². The molecule has 0 aliphatic rings. The lowest BCUT2D eigenvalue weighted by atomic mass is 10.2. The van der Waals surface area contributed by atoms with Gasteiger partial charge in [-0.3, -0.25) is 9.36 Å². The maximum absolute atomic E-state index is 12.3. The van der Waals surface area contributed by atoms with E-state index in [1.54, 1.807) is 30.5 Å². The molecule has 3 aromatic rings. The van der Waals surface area contributed by atoms with Crippen LogP contribution in [0.25, 0.3) is 0 Å². The van der Waals surface area contributed by atoms with Gasteiger partial charge in [0.05, 0.1) is 6.54 Å². The molecule has 28 heavy (non-hydrogen) atoms. The molecule has 1 N–H and O–H groups in total. The number of carbonyl (C=O) groups excluding carboxylic acids is 1. The molecule has 0 bridgehead atoms. The van der Waals surface area contributed by atoms with Crippen molar-refractivity contribution in [1.82, 2.24) is 9.55 Å². The van der Waals surface area contributed by atoms with Crippen molar-refractivity contribution in [2.24, 2.45) is 0 Å². The van der Waals surface area contributed by atoms with Crippen LogP contribution in [0.2, 0.25) is 0 Å². The number of halogens is 2. The molecule has 8 heteroatoms. The van der Waals surface area contributed by atoms with Crippen LogP contribution in [0, 0.1) is 0 Å². The van der Waals surface area contributed by atoms with E-state index in [1.807, 2.05) is 30.3 Å². The molecule has 3 rings (SSSR count). The maximum Gasteiger partial charge on any atom is 0.349 e. The summed E-state index contributed by atoms with van der Waals surface area (Å²) in [4.78, 5) is 28.7. The lowest BCUT2D eigenvalue weighted by molar-refractivity contribution is 0.102. The van der Waals surface area contributed by atoms with Crippen molar-refractivity contribution >= 4 is 43.6 Å². The zero-order valence-corrected chi connectivity index (χ0v) is 17.9. The fourth-order valence-corrected chi connectivity index (χ4v) is 3.14. The minimum absolute atomic E-state index is 0.251. The first-order valence-corrected chi connectivity index (χ1v) is 10.4. The monoisotopic (exact) mass is 505 g/mol. The van der Waals surface area contributed by atoms with Crippen molar-refractivity contribution in [1.29, 1.82) is 0 Å². The summed E-state index contributed by atoms with van der Waals surface area (Å²) >= 11 is 6.75. The Labute approximate surface area is 178 Å². The summed E-state index contributed by atoms with van der Waals surface area (Å²) in [5.41, 5.74) is 0.747. The van der Waals surface area contributed by atoms with Gasteiger partial charge in [-0.05, 0) is 36.4 Å². The number of anilines is 1. The number of rotatable bonds is 7. The van der Waals surface area contributed by atoms with E-state index in [2.05, 4.69) is 42.2 Å². The molecule has 0 fully saturated rings. The number of carbonyl (C=O) groups is 1. The molecular weight excluding hydrogens is 490 g/mol. The van der Waals surface area contributed by atoms with Gasteiger partial charge in [0.25, 0.3) is 5.91 Å². The summed E-state index contributed by atoms with van der Waals surface area (Å²) in [5, 5.41) is 3.15. The third kappa shape index (κ3) is 5.30. The van der Waals surface area contributed by atoms with Crippen molar-refractivity contribution < 1.29 is 9.53 Å². The SMILES string of the molecule is O=C(Nc1nc(=O)n(CCOc2ccc(Br)cc2)cc1CBr)c1ccccc1. The summed E-state index contributed by atoms with van der Waals surface area (Å²) < 4.78 is 8.09. The Morgan fingerprint density at radius 2 is 1.82 bits per heavy atom. The van der Waals surface area contributed by atoms with Crippen LogP contribution in [0.1, 0.15) is 15.9 Å². The van der Waals surface area contributed by atoms with Crippen LogP contribution < -0.4 is 15.7 Å². The van der Waals surface area contributed by atoms with E-state index in [0.29, 0.717) is 29.6 Å². The molecule has 6 nitrogen and oxygen atoms in total. The number of nitrogens with one attached hydrogen (secondary N) is 1. The molecule has 0 atom stereocenters. The Morgan fingerprint density at radius 3 is 2.50 bits per heavy atom. The summed E-state index contributed by atoms with van der Waals surface area (Å²) in [6.07, 6.45) is 1.68. The average Bonchev–Trinajstić information content (AvgIpc) is 2.71. The molecule has 1 aromatic heterocycles. The third-order valence-corrected chi connectivity index (χ3v) is 5.03. The Balaban J connectivity index is 1.69. The van der Waals surface area contributed by atoms with Gasteiger partial charge in [0.1, 0.15) is 18.2 Å². The highest BCUT2D eigenvalue weighted by molar-refractivity contribution is 9.10. The second-order valence-electron chi connectivity index (χ2n) is 5.85. The fourth-order valence-electron chi connectivity index (χ4n) is 2.46. The average molecular weight is 507 g/mol. The van der Waals surface area contributed by atoms with Crippen molar-refractivity contribution in [2.75, 3.05) is 11.9 Å². The molecule has 0 saturated carbocycles. The number of benzene rings is 2. The highest BCUT2D eigenvalue weighted by atomic mass is 79.9. The van der Waals surface area contributed by atoms with E-state index >= 15 is 0 Å². The van der Waals surface area contributed by atoms with Crippen LogP contribution >= 0.6 is 31.9 Å². The molecule has 0 radical (unpaired) electrons.